The number of sulfonamides is 1. The fourth-order valence-electron chi connectivity index (χ4n) is 3.84. The van der Waals surface area contributed by atoms with Gasteiger partial charge in [0.25, 0.3) is 5.91 Å². The predicted octanol–water partition coefficient (Wildman–Crippen LogP) is 3.89. The van der Waals surface area contributed by atoms with Crippen molar-refractivity contribution in [3.8, 4) is 22.6 Å². The average Bonchev–Trinajstić information content (AvgIpc) is 3.33. The highest BCUT2D eigenvalue weighted by Crippen LogP contribution is 2.32. The van der Waals surface area contributed by atoms with Crippen LogP contribution < -0.4 is 9.47 Å². The highest BCUT2D eigenvalue weighted by molar-refractivity contribution is 7.89. The molecule has 0 radical (unpaired) electrons. The monoisotopic (exact) mass is 486 g/mol. The molecule has 0 N–H and O–H groups in total. The Bertz CT molecular complexity index is 1240. The summed E-state index contributed by atoms with van der Waals surface area (Å²) in [5.74, 6) is 0.754. The maximum Gasteiger partial charge on any atom is 0.264 e. The lowest BCUT2D eigenvalue weighted by molar-refractivity contribution is 0.0703. The number of thiophene rings is 1. The van der Waals surface area contributed by atoms with Crippen molar-refractivity contribution >= 4 is 27.3 Å². The van der Waals surface area contributed by atoms with Crippen molar-refractivity contribution in [3.63, 3.8) is 0 Å². The summed E-state index contributed by atoms with van der Waals surface area (Å²) < 4.78 is 38.2. The molecule has 0 spiro atoms. The van der Waals surface area contributed by atoms with E-state index in [2.05, 4.69) is 0 Å². The first-order valence-electron chi connectivity index (χ1n) is 10.5. The molecule has 7 nitrogen and oxygen atoms in total. The second-order valence-corrected chi connectivity index (χ2v) is 10.6. The highest BCUT2D eigenvalue weighted by Gasteiger charge is 2.32. The van der Waals surface area contributed by atoms with E-state index in [9.17, 15) is 13.2 Å². The summed E-state index contributed by atoms with van der Waals surface area (Å²) in [7, 11) is -0.749. The van der Waals surface area contributed by atoms with Crippen LogP contribution in [-0.2, 0) is 10.0 Å². The van der Waals surface area contributed by atoms with Crippen molar-refractivity contribution in [1.29, 1.82) is 0 Å². The van der Waals surface area contributed by atoms with E-state index >= 15 is 0 Å². The molecule has 3 aromatic rings. The zero-order valence-electron chi connectivity index (χ0n) is 18.8. The number of carbonyl (C=O) groups excluding carboxylic acids is 1. The van der Waals surface area contributed by atoms with Gasteiger partial charge >= 0.3 is 0 Å². The van der Waals surface area contributed by atoms with Crippen LogP contribution in [0.25, 0.3) is 11.1 Å². The molecule has 174 valence electrons. The Morgan fingerprint density at radius 2 is 1.58 bits per heavy atom. The summed E-state index contributed by atoms with van der Waals surface area (Å²) in [4.78, 5) is 15.8. The minimum Gasteiger partial charge on any atom is -0.493 e. The Labute approximate surface area is 198 Å². The summed E-state index contributed by atoms with van der Waals surface area (Å²) in [6.45, 7) is 3.15. The van der Waals surface area contributed by atoms with Crippen molar-refractivity contribution in [2.24, 2.45) is 0 Å². The molecule has 2 aromatic carbocycles. The molecule has 1 aliphatic rings. The summed E-state index contributed by atoms with van der Waals surface area (Å²) in [6, 6.07) is 14.6. The molecule has 0 aliphatic carbocycles. The number of rotatable bonds is 6. The van der Waals surface area contributed by atoms with Gasteiger partial charge in [0.15, 0.2) is 11.5 Å². The van der Waals surface area contributed by atoms with Gasteiger partial charge in [-0.15, -0.1) is 11.3 Å². The maximum atomic E-state index is 13.2. The summed E-state index contributed by atoms with van der Waals surface area (Å²) in [5, 5.41) is 1.92. The van der Waals surface area contributed by atoms with E-state index in [1.54, 1.807) is 11.0 Å². The van der Waals surface area contributed by atoms with Crippen LogP contribution in [0.15, 0.2) is 58.8 Å². The van der Waals surface area contributed by atoms with E-state index < -0.39 is 10.0 Å². The van der Waals surface area contributed by atoms with Crippen LogP contribution >= 0.6 is 11.3 Å². The Hall–Kier alpha value is -2.88. The molecule has 4 rings (SSSR count). The number of nitrogens with zero attached hydrogens (tertiary/aromatic N) is 2. The Balaban J connectivity index is 1.48. The van der Waals surface area contributed by atoms with Gasteiger partial charge in [-0.05, 0) is 36.1 Å². The van der Waals surface area contributed by atoms with Crippen molar-refractivity contribution < 1.29 is 22.7 Å². The molecule has 0 atom stereocenters. The summed E-state index contributed by atoms with van der Waals surface area (Å²) >= 11 is 1.41. The fourth-order valence-corrected chi connectivity index (χ4v) is 6.16. The first-order valence-corrected chi connectivity index (χ1v) is 12.8. The fraction of sp³-hybridized carbons (Fsp3) is 0.292. The van der Waals surface area contributed by atoms with Crippen LogP contribution in [0.3, 0.4) is 0 Å². The number of amides is 1. The van der Waals surface area contributed by atoms with Crippen LogP contribution in [0.2, 0.25) is 0 Å². The molecule has 1 amide bonds. The third-order valence-electron chi connectivity index (χ3n) is 5.74. The van der Waals surface area contributed by atoms with Gasteiger partial charge in [0, 0.05) is 37.8 Å². The van der Waals surface area contributed by atoms with Gasteiger partial charge < -0.3 is 14.4 Å². The molecule has 2 heterocycles. The lowest BCUT2D eigenvalue weighted by Crippen LogP contribution is -2.50. The number of hydrogen-bond acceptors (Lipinski definition) is 6. The number of ether oxygens (including phenoxy) is 2. The van der Waals surface area contributed by atoms with E-state index in [0.29, 0.717) is 29.5 Å². The zero-order chi connectivity index (χ0) is 23.6. The number of methoxy groups -OCH3 is 2. The Morgan fingerprint density at radius 1 is 0.909 bits per heavy atom. The van der Waals surface area contributed by atoms with Gasteiger partial charge in [0.2, 0.25) is 10.0 Å². The van der Waals surface area contributed by atoms with E-state index in [1.165, 1.54) is 42.0 Å². The van der Waals surface area contributed by atoms with Crippen LogP contribution in [-0.4, -0.2) is 63.9 Å². The first-order chi connectivity index (χ1) is 15.8. The maximum absolute atomic E-state index is 13.2. The molecule has 1 aromatic heterocycles. The smallest absolute Gasteiger partial charge is 0.264 e. The molecular formula is C24H26N2O5S2. The Morgan fingerprint density at radius 3 is 2.21 bits per heavy atom. The van der Waals surface area contributed by atoms with E-state index in [0.717, 1.165) is 16.7 Å². The number of aryl methyl sites for hydroxylation is 1. The van der Waals surface area contributed by atoms with Crippen molar-refractivity contribution in [2.45, 2.75) is 11.8 Å². The van der Waals surface area contributed by atoms with Crippen LogP contribution in [0, 0.1) is 6.92 Å². The quantitative estimate of drug-likeness (QED) is 0.528. The van der Waals surface area contributed by atoms with Gasteiger partial charge in [0.05, 0.1) is 24.0 Å². The summed E-state index contributed by atoms with van der Waals surface area (Å²) in [6.07, 6.45) is 0. The van der Waals surface area contributed by atoms with Gasteiger partial charge in [0.1, 0.15) is 0 Å². The SMILES string of the molecule is COc1ccc(S(=O)(=O)N2CCN(C(=O)c3sccc3-c3ccc(C)cc3)CC2)cc1OC. The topological polar surface area (TPSA) is 76.2 Å². The number of benzene rings is 2. The molecule has 1 aliphatic heterocycles. The van der Waals surface area contributed by atoms with Gasteiger partial charge in [-0.25, -0.2) is 8.42 Å². The molecule has 1 saturated heterocycles. The van der Waals surface area contributed by atoms with Crippen molar-refractivity contribution in [1.82, 2.24) is 9.21 Å². The number of piperazine rings is 1. The second-order valence-electron chi connectivity index (χ2n) is 7.74. The number of hydrogen-bond donors (Lipinski definition) is 0. The standard InChI is InChI=1S/C24H26N2O5S2/c1-17-4-6-18(7-5-17)20-10-15-32-23(20)24(27)25-11-13-26(14-12-25)33(28,29)19-8-9-21(30-2)22(16-19)31-3/h4-10,15-16H,11-14H2,1-3H3. The van der Waals surface area contributed by atoms with Crippen molar-refractivity contribution in [2.75, 3.05) is 40.4 Å². The van der Waals surface area contributed by atoms with Gasteiger partial charge in [-0.1, -0.05) is 29.8 Å². The van der Waals surface area contributed by atoms with Crippen LogP contribution in [0.4, 0.5) is 0 Å². The van der Waals surface area contributed by atoms with E-state index in [-0.39, 0.29) is 23.9 Å². The van der Waals surface area contributed by atoms with Crippen LogP contribution in [0.1, 0.15) is 15.2 Å². The van der Waals surface area contributed by atoms with E-state index in [4.69, 9.17) is 9.47 Å². The minimum absolute atomic E-state index is 0.0660. The highest BCUT2D eigenvalue weighted by atomic mass is 32.2. The van der Waals surface area contributed by atoms with Crippen molar-refractivity contribution in [3.05, 3.63) is 64.4 Å². The molecule has 1 fully saturated rings. The Kier molecular flexibility index (Phi) is 6.73. The van der Waals surface area contributed by atoms with E-state index in [1.807, 2.05) is 42.6 Å². The normalized spacial score (nSPS) is 14.8. The zero-order valence-corrected chi connectivity index (χ0v) is 20.4. The lowest BCUT2D eigenvalue weighted by atomic mass is 10.0. The third kappa shape index (κ3) is 4.62. The largest absolute Gasteiger partial charge is 0.493 e. The minimum atomic E-state index is -3.72. The second kappa shape index (κ2) is 9.54. The molecule has 0 unspecified atom stereocenters. The summed E-state index contributed by atoms with van der Waals surface area (Å²) in [5.41, 5.74) is 3.07. The lowest BCUT2D eigenvalue weighted by Gasteiger charge is -2.34. The molecule has 0 bridgehead atoms. The van der Waals surface area contributed by atoms with Crippen LogP contribution in [0.5, 0.6) is 11.5 Å². The predicted molar refractivity (Wildman–Crippen MR) is 129 cm³/mol. The molecule has 9 heteroatoms. The third-order valence-corrected chi connectivity index (χ3v) is 8.54. The molecule has 33 heavy (non-hydrogen) atoms. The average molecular weight is 487 g/mol. The first kappa shape index (κ1) is 23.3. The number of carbonyl (C=O) groups is 1. The van der Waals surface area contributed by atoms with Gasteiger partial charge in [-0.3, -0.25) is 4.79 Å². The molecule has 0 saturated carbocycles. The van der Waals surface area contributed by atoms with Gasteiger partial charge in [-0.2, -0.15) is 4.31 Å². The molecular weight excluding hydrogens is 460 g/mol.